The molecule has 1 aromatic carbocycles. The molecule has 0 fully saturated rings. The summed E-state index contributed by atoms with van der Waals surface area (Å²) in [7, 11) is 1.80. The largest absolute Gasteiger partial charge is 0.477 e. The Balaban J connectivity index is 2.25. The summed E-state index contributed by atoms with van der Waals surface area (Å²) in [6, 6.07) is 6.08. The summed E-state index contributed by atoms with van der Waals surface area (Å²) in [4.78, 5) is 23.4. The van der Waals surface area contributed by atoms with Gasteiger partial charge in [0.2, 0.25) is 0 Å². The molecule has 1 N–H and O–H groups in total. The number of furan rings is 1. The first-order chi connectivity index (χ1) is 9.99. The van der Waals surface area contributed by atoms with Gasteiger partial charge in [0.1, 0.15) is 5.56 Å². The van der Waals surface area contributed by atoms with E-state index in [0.717, 1.165) is 5.56 Å². The van der Waals surface area contributed by atoms with Crippen molar-refractivity contribution in [2.45, 2.75) is 13.1 Å². The average Bonchev–Trinajstić information content (AvgIpc) is 2.90. The second kappa shape index (κ2) is 6.19. The molecule has 0 unspecified atom stereocenters. The van der Waals surface area contributed by atoms with E-state index in [9.17, 15) is 20.0 Å². The highest BCUT2D eigenvalue weighted by Gasteiger charge is 2.23. The fraction of sp³-hybridized carbons (Fsp3) is 0.214. The summed E-state index contributed by atoms with van der Waals surface area (Å²) in [5, 5.41) is 20.2. The third-order valence-corrected chi connectivity index (χ3v) is 3.01. The molecule has 0 radical (unpaired) electrons. The summed E-state index contributed by atoms with van der Waals surface area (Å²) in [5.74, 6) is -1.30. The van der Waals surface area contributed by atoms with Gasteiger partial charge in [-0.15, -0.1) is 0 Å². The lowest BCUT2D eigenvalue weighted by molar-refractivity contribution is -0.385. The smallest absolute Gasteiger partial charge is 0.343 e. The molecule has 2 aromatic rings. The molecule has 1 aromatic heterocycles. The van der Waals surface area contributed by atoms with Crippen molar-refractivity contribution in [3.8, 4) is 0 Å². The highest BCUT2D eigenvalue weighted by molar-refractivity contribution is 5.94. The first kappa shape index (κ1) is 14.7. The number of hydrogen-bond acceptors (Lipinski definition) is 5. The topological polar surface area (TPSA) is 96.8 Å². The van der Waals surface area contributed by atoms with Crippen molar-refractivity contribution in [2.24, 2.45) is 0 Å². The molecule has 0 spiro atoms. The van der Waals surface area contributed by atoms with Crippen LogP contribution in [0.2, 0.25) is 0 Å². The summed E-state index contributed by atoms with van der Waals surface area (Å²) in [6.07, 6.45) is 3.15. The van der Waals surface area contributed by atoms with Gasteiger partial charge in [0.05, 0.1) is 17.4 Å². The highest BCUT2D eigenvalue weighted by atomic mass is 16.6. The van der Waals surface area contributed by atoms with Gasteiger partial charge in [0, 0.05) is 24.7 Å². The molecule has 0 atom stereocenters. The summed E-state index contributed by atoms with van der Waals surface area (Å²) in [6.45, 7) is 0.840. The van der Waals surface area contributed by atoms with Gasteiger partial charge >= 0.3 is 5.97 Å². The van der Waals surface area contributed by atoms with Gasteiger partial charge in [0.25, 0.3) is 5.69 Å². The van der Waals surface area contributed by atoms with Crippen molar-refractivity contribution in [3.05, 3.63) is 63.6 Å². The van der Waals surface area contributed by atoms with Crippen LogP contribution in [0.4, 0.5) is 5.69 Å². The molecule has 7 heteroatoms. The Bertz CT molecular complexity index is 651. The zero-order valence-corrected chi connectivity index (χ0v) is 11.4. The van der Waals surface area contributed by atoms with Gasteiger partial charge in [-0.3, -0.25) is 15.0 Å². The first-order valence-electron chi connectivity index (χ1n) is 6.18. The molecule has 0 aliphatic heterocycles. The van der Waals surface area contributed by atoms with Crippen LogP contribution in [-0.2, 0) is 13.1 Å². The fourth-order valence-electron chi connectivity index (χ4n) is 2.16. The van der Waals surface area contributed by atoms with Crippen molar-refractivity contribution < 1.29 is 19.2 Å². The van der Waals surface area contributed by atoms with Crippen molar-refractivity contribution in [3.63, 3.8) is 0 Å². The number of aromatic carboxylic acids is 1. The van der Waals surface area contributed by atoms with Crippen LogP contribution in [0.25, 0.3) is 0 Å². The number of nitrogens with zero attached hydrogens (tertiary/aromatic N) is 2. The van der Waals surface area contributed by atoms with E-state index in [1.807, 2.05) is 11.0 Å². The van der Waals surface area contributed by atoms with Crippen LogP contribution in [0.5, 0.6) is 0 Å². The lowest BCUT2D eigenvalue weighted by Crippen LogP contribution is -2.19. The molecule has 0 bridgehead atoms. The molecule has 0 amide bonds. The molecular weight excluding hydrogens is 276 g/mol. The maximum atomic E-state index is 11.3. The molecule has 1 heterocycles. The molecular formula is C14H14N2O5. The van der Waals surface area contributed by atoms with Crippen LogP contribution in [0.1, 0.15) is 21.5 Å². The lowest BCUT2D eigenvalue weighted by atomic mass is 10.0. The number of nitro groups is 1. The number of carboxylic acid groups (broad SMARTS) is 1. The van der Waals surface area contributed by atoms with Crippen LogP contribution in [0.15, 0.2) is 41.2 Å². The van der Waals surface area contributed by atoms with E-state index in [1.165, 1.54) is 12.1 Å². The second-order valence-corrected chi connectivity index (χ2v) is 4.68. The van der Waals surface area contributed by atoms with E-state index < -0.39 is 16.6 Å². The first-order valence-corrected chi connectivity index (χ1v) is 6.18. The van der Waals surface area contributed by atoms with E-state index in [4.69, 9.17) is 4.42 Å². The number of carbonyl (C=O) groups is 1. The van der Waals surface area contributed by atoms with E-state index in [1.54, 1.807) is 25.6 Å². The van der Waals surface area contributed by atoms with Gasteiger partial charge < -0.3 is 9.52 Å². The average molecular weight is 290 g/mol. The number of carboxylic acids is 1. The Hall–Kier alpha value is -2.67. The predicted octanol–water partition coefficient (Wildman–Crippen LogP) is 2.52. The molecule has 0 saturated carbocycles. The van der Waals surface area contributed by atoms with Crippen LogP contribution in [0.3, 0.4) is 0 Å². The molecule has 21 heavy (non-hydrogen) atoms. The standard InChI is InChI=1S/C14H14N2O5/c1-15(7-10-5-6-21-9-10)8-11-3-2-4-12(16(19)20)13(11)14(17)18/h2-6,9H,7-8H2,1H3,(H,17,18). The predicted molar refractivity (Wildman–Crippen MR) is 73.9 cm³/mol. The maximum absolute atomic E-state index is 11.3. The van der Waals surface area contributed by atoms with Crippen molar-refractivity contribution >= 4 is 11.7 Å². The van der Waals surface area contributed by atoms with Gasteiger partial charge in [-0.2, -0.15) is 0 Å². The van der Waals surface area contributed by atoms with Crippen LogP contribution in [0, 0.1) is 10.1 Å². The minimum atomic E-state index is -1.30. The molecule has 110 valence electrons. The molecule has 0 aliphatic rings. The van der Waals surface area contributed by atoms with Crippen molar-refractivity contribution in [2.75, 3.05) is 7.05 Å². The molecule has 0 aliphatic carbocycles. The SMILES string of the molecule is CN(Cc1ccoc1)Cc1cccc([N+](=O)[O-])c1C(=O)O. The Kier molecular flexibility index (Phi) is 4.34. The Labute approximate surface area is 120 Å². The van der Waals surface area contributed by atoms with Gasteiger partial charge in [-0.05, 0) is 18.7 Å². The van der Waals surface area contributed by atoms with Crippen LogP contribution >= 0.6 is 0 Å². The minimum absolute atomic E-state index is 0.262. The molecule has 0 saturated heterocycles. The minimum Gasteiger partial charge on any atom is -0.477 e. The third-order valence-electron chi connectivity index (χ3n) is 3.01. The van der Waals surface area contributed by atoms with Gasteiger partial charge in [-0.25, -0.2) is 4.79 Å². The Morgan fingerprint density at radius 3 is 2.71 bits per heavy atom. The Morgan fingerprint density at radius 1 is 1.38 bits per heavy atom. The summed E-state index contributed by atoms with van der Waals surface area (Å²) < 4.78 is 4.97. The van der Waals surface area contributed by atoms with E-state index >= 15 is 0 Å². The number of rotatable bonds is 6. The molecule has 7 nitrogen and oxygen atoms in total. The van der Waals surface area contributed by atoms with Crippen molar-refractivity contribution in [1.82, 2.24) is 4.90 Å². The number of nitro benzene ring substituents is 1. The normalized spacial score (nSPS) is 10.8. The van der Waals surface area contributed by atoms with Gasteiger partial charge in [-0.1, -0.05) is 12.1 Å². The van der Waals surface area contributed by atoms with Gasteiger partial charge in [0.15, 0.2) is 0 Å². The highest BCUT2D eigenvalue weighted by Crippen LogP contribution is 2.23. The summed E-state index contributed by atoms with van der Waals surface area (Å²) in [5.41, 5.74) is 0.695. The maximum Gasteiger partial charge on any atom is 0.343 e. The van der Waals surface area contributed by atoms with E-state index in [2.05, 4.69) is 0 Å². The zero-order valence-electron chi connectivity index (χ0n) is 11.4. The van der Waals surface area contributed by atoms with Crippen molar-refractivity contribution in [1.29, 1.82) is 0 Å². The monoisotopic (exact) mass is 290 g/mol. The van der Waals surface area contributed by atoms with Crippen LogP contribution < -0.4 is 0 Å². The second-order valence-electron chi connectivity index (χ2n) is 4.68. The fourth-order valence-corrected chi connectivity index (χ4v) is 2.16. The Morgan fingerprint density at radius 2 is 2.14 bits per heavy atom. The number of hydrogen-bond donors (Lipinski definition) is 1. The lowest BCUT2D eigenvalue weighted by Gasteiger charge is -2.17. The van der Waals surface area contributed by atoms with Crippen LogP contribution in [-0.4, -0.2) is 27.9 Å². The molecule has 2 rings (SSSR count). The quantitative estimate of drug-likeness (QED) is 0.648. The number of benzene rings is 1. The third kappa shape index (κ3) is 3.46. The van der Waals surface area contributed by atoms with E-state index in [-0.39, 0.29) is 12.1 Å². The van der Waals surface area contributed by atoms with E-state index in [0.29, 0.717) is 12.1 Å². The zero-order chi connectivity index (χ0) is 15.4. The summed E-state index contributed by atoms with van der Waals surface area (Å²) >= 11 is 0.